The van der Waals surface area contributed by atoms with E-state index in [2.05, 4.69) is 40.2 Å². The minimum atomic E-state index is 0.0774. The Kier molecular flexibility index (Phi) is 7.50. The molecular formula is C12H22BrN3O2. The van der Waals surface area contributed by atoms with Crippen LogP contribution in [-0.4, -0.2) is 41.3 Å². The third-order valence-electron chi connectivity index (χ3n) is 2.65. The van der Waals surface area contributed by atoms with Gasteiger partial charge in [0.25, 0.3) is 0 Å². The van der Waals surface area contributed by atoms with E-state index in [0.29, 0.717) is 13.2 Å². The Hall–Kier alpha value is -0.430. The number of hydrogen-bond acceptors (Lipinski definition) is 4. The van der Waals surface area contributed by atoms with Gasteiger partial charge in [-0.2, -0.15) is 5.10 Å². The maximum absolute atomic E-state index is 8.57. The van der Waals surface area contributed by atoms with Gasteiger partial charge in [0.15, 0.2) is 0 Å². The van der Waals surface area contributed by atoms with Gasteiger partial charge in [-0.25, -0.2) is 0 Å². The van der Waals surface area contributed by atoms with Gasteiger partial charge in [-0.1, -0.05) is 6.92 Å². The monoisotopic (exact) mass is 319 g/mol. The van der Waals surface area contributed by atoms with Crippen LogP contribution in [0.1, 0.15) is 25.2 Å². The van der Waals surface area contributed by atoms with Gasteiger partial charge in [-0.15, -0.1) is 0 Å². The Bertz CT molecular complexity index is 355. The summed E-state index contributed by atoms with van der Waals surface area (Å²) in [5, 5.41) is 16.4. The van der Waals surface area contributed by atoms with E-state index in [9.17, 15) is 0 Å². The molecule has 1 heterocycles. The highest BCUT2D eigenvalue weighted by atomic mass is 79.9. The third kappa shape index (κ3) is 4.35. The van der Waals surface area contributed by atoms with Crippen molar-refractivity contribution < 1.29 is 9.84 Å². The molecule has 6 heteroatoms. The van der Waals surface area contributed by atoms with E-state index in [1.807, 2.05) is 4.68 Å². The van der Waals surface area contributed by atoms with Crippen molar-refractivity contribution >= 4 is 15.9 Å². The van der Waals surface area contributed by atoms with Crippen LogP contribution in [0, 0.1) is 0 Å². The van der Waals surface area contributed by atoms with Gasteiger partial charge in [-0.05, 0) is 29.3 Å². The van der Waals surface area contributed by atoms with Crippen LogP contribution < -0.4 is 5.32 Å². The maximum atomic E-state index is 8.57. The molecule has 0 atom stereocenters. The topological polar surface area (TPSA) is 59.3 Å². The largest absolute Gasteiger partial charge is 0.394 e. The Balaban J connectivity index is 2.43. The van der Waals surface area contributed by atoms with Gasteiger partial charge >= 0.3 is 0 Å². The number of aliphatic hydroxyl groups is 1. The van der Waals surface area contributed by atoms with Crippen LogP contribution in [0.4, 0.5) is 0 Å². The summed E-state index contributed by atoms with van der Waals surface area (Å²) in [5.41, 5.74) is 2.28. The van der Waals surface area contributed by atoms with Crippen LogP contribution in [-0.2, 0) is 24.2 Å². The standard InChI is InChI=1S/C12H22BrN3O2/c1-3-10-12(13)11(16(4-2)15-10)9-14-5-7-18-8-6-17/h14,17H,3-9H2,1-2H3. The average molecular weight is 320 g/mol. The van der Waals surface area contributed by atoms with Crippen molar-refractivity contribution in [2.45, 2.75) is 33.4 Å². The van der Waals surface area contributed by atoms with Gasteiger partial charge in [0, 0.05) is 19.6 Å². The van der Waals surface area contributed by atoms with E-state index < -0.39 is 0 Å². The van der Waals surface area contributed by atoms with Crippen LogP contribution in [0.5, 0.6) is 0 Å². The molecule has 1 aromatic rings. The number of nitrogens with zero attached hydrogens (tertiary/aromatic N) is 2. The van der Waals surface area contributed by atoms with E-state index in [4.69, 9.17) is 9.84 Å². The summed E-state index contributed by atoms with van der Waals surface area (Å²) in [4.78, 5) is 0. The SMILES string of the molecule is CCc1nn(CC)c(CNCCOCCO)c1Br. The molecule has 0 saturated carbocycles. The second-order valence-corrected chi connectivity index (χ2v) is 4.68. The van der Waals surface area contributed by atoms with Crippen LogP contribution in [0.2, 0.25) is 0 Å². The number of aromatic nitrogens is 2. The zero-order valence-corrected chi connectivity index (χ0v) is 12.7. The van der Waals surface area contributed by atoms with E-state index >= 15 is 0 Å². The predicted octanol–water partition coefficient (Wildman–Crippen LogP) is 1.33. The van der Waals surface area contributed by atoms with Gasteiger partial charge in [0.1, 0.15) is 0 Å². The van der Waals surface area contributed by atoms with Crippen molar-refractivity contribution in [1.82, 2.24) is 15.1 Å². The maximum Gasteiger partial charge on any atom is 0.0767 e. The summed E-state index contributed by atoms with van der Waals surface area (Å²) < 4.78 is 8.31. The molecule has 0 unspecified atom stereocenters. The molecular weight excluding hydrogens is 298 g/mol. The van der Waals surface area contributed by atoms with Crippen molar-refractivity contribution in [1.29, 1.82) is 0 Å². The Labute approximate surface area is 117 Å². The first-order chi connectivity index (χ1) is 8.74. The number of aryl methyl sites for hydroxylation is 2. The molecule has 1 aromatic heterocycles. The highest BCUT2D eigenvalue weighted by molar-refractivity contribution is 9.10. The fourth-order valence-electron chi connectivity index (χ4n) is 1.70. The summed E-state index contributed by atoms with van der Waals surface area (Å²) in [5.74, 6) is 0. The van der Waals surface area contributed by atoms with E-state index in [-0.39, 0.29) is 6.61 Å². The first-order valence-corrected chi connectivity index (χ1v) is 7.17. The lowest BCUT2D eigenvalue weighted by Crippen LogP contribution is -2.22. The number of hydrogen-bond donors (Lipinski definition) is 2. The fraction of sp³-hybridized carbons (Fsp3) is 0.750. The molecule has 104 valence electrons. The zero-order valence-electron chi connectivity index (χ0n) is 11.1. The summed E-state index contributed by atoms with van der Waals surface area (Å²) in [6.45, 7) is 7.69. The molecule has 0 saturated heterocycles. The van der Waals surface area contributed by atoms with Crippen molar-refractivity contribution in [3.05, 3.63) is 15.9 Å². The molecule has 0 bridgehead atoms. The fourth-order valence-corrected chi connectivity index (χ4v) is 2.41. The number of rotatable bonds is 9. The van der Waals surface area contributed by atoms with E-state index in [1.54, 1.807) is 0 Å². The smallest absolute Gasteiger partial charge is 0.0767 e. The predicted molar refractivity (Wildman–Crippen MR) is 74.6 cm³/mol. The number of aliphatic hydroxyl groups excluding tert-OH is 1. The first-order valence-electron chi connectivity index (χ1n) is 6.37. The highest BCUT2D eigenvalue weighted by Crippen LogP contribution is 2.22. The number of nitrogens with one attached hydrogen (secondary N) is 1. The quantitative estimate of drug-likeness (QED) is 0.674. The molecule has 0 aliphatic heterocycles. The van der Waals surface area contributed by atoms with Crippen molar-refractivity contribution in [2.24, 2.45) is 0 Å². The van der Waals surface area contributed by atoms with E-state index in [1.165, 1.54) is 5.69 Å². The van der Waals surface area contributed by atoms with Crippen LogP contribution in [0.15, 0.2) is 4.47 Å². The molecule has 0 aliphatic carbocycles. The molecule has 18 heavy (non-hydrogen) atoms. The van der Waals surface area contributed by atoms with Gasteiger partial charge in [0.2, 0.25) is 0 Å². The molecule has 0 spiro atoms. The normalized spacial score (nSPS) is 11.1. The Morgan fingerprint density at radius 3 is 2.78 bits per heavy atom. The number of ether oxygens (including phenoxy) is 1. The number of halogens is 1. The summed E-state index contributed by atoms with van der Waals surface area (Å²) in [6.07, 6.45) is 0.931. The molecule has 2 N–H and O–H groups in total. The Morgan fingerprint density at radius 2 is 2.17 bits per heavy atom. The highest BCUT2D eigenvalue weighted by Gasteiger charge is 2.12. The van der Waals surface area contributed by atoms with Crippen molar-refractivity contribution in [2.75, 3.05) is 26.4 Å². The first kappa shape index (κ1) is 15.6. The van der Waals surface area contributed by atoms with Crippen molar-refractivity contribution in [3.8, 4) is 0 Å². The second-order valence-electron chi connectivity index (χ2n) is 3.89. The molecule has 0 aromatic carbocycles. The van der Waals surface area contributed by atoms with E-state index in [0.717, 1.165) is 36.2 Å². The molecule has 5 nitrogen and oxygen atoms in total. The lowest BCUT2D eigenvalue weighted by atomic mass is 10.3. The summed E-state index contributed by atoms with van der Waals surface area (Å²) in [7, 11) is 0. The minimum absolute atomic E-state index is 0.0774. The molecule has 0 fully saturated rings. The van der Waals surface area contributed by atoms with Gasteiger partial charge in [-0.3, -0.25) is 4.68 Å². The van der Waals surface area contributed by atoms with Crippen molar-refractivity contribution in [3.63, 3.8) is 0 Å². The average Bonchev–Trinajstić information content (AvgIpc) is 2.70. The third-order valence-corrected chi connectivity index (χ3v) is 3.56. The molecule has 1 rings (SSSR count). The van der Waals surface area contributed by atoms with Crippen LogP contribution in [0.25, 0.3) is 0 Å². The lowest BCUT2D eigenvalue weighted by Gasteiger charge is -2.07. The van der Waals surface area contributed by atoms with Crippen LogP contribution >= 0.6 is 15.9 Å². The summed E-state index contributed by atoms with van der Waals surface area (Å²) >= 11 is 3.61. The lowest BCUT2D eigenvalue weighted by molar-refractivity contribution is 0.0937. The second kappa shape index (κ2) is 8.63. The van der Waals surface area contributed by atoms with Crippen LogP contribution in [0.3, 0.4) is 0 Å². The molecule has 0 radical (unpaired) electrons. The zero-order chi connectivity index (χ0) is 13.4. The Morgan fingerprint density at radius 1 is 1.39 bits per heavy atom. The minimum Gasteiger partial charge on any atom is -0.394 e. The molecule has 0 aliphatic rings. The summed E-state index contributed by atoms with van der Waals surface area (Å²) in [6, 6.07) is 0. The van der Waals surface area contributed by atoms with Gasteiger partial charge in [0.05, 0.1) is 35.7 Å². The molecule has 0 amide bonds. The van der Waals surface area contributed by atoms with Gasteiger partial charge < -0.3 is 15.2 Å².